The number of aromatic amines is 1. The smallest absolute Gasteiger partial charge is 0.273 e. The van der Waals surface area contributed by atoms with Crippen molar-refractivity contribution in [3.63, 3.8) is 0 Å². The lowest BCUT2D eigenvalue weighted by Crippen LogP contribution is -2.14. The largest absolute Gasteiger partial charge is 0.357 e. The molecule has 0 aliphatic carbocycles. The third-order valence-corrected chi connectivity index (χ3v) is 6.18. The van der Waals surface area contributed by atoms with Crippen molar-refractivity contribution in [3.8, 4) is 0 Å². The lowest BCUT2D eigenvalue weighted by molar-refractivity contribution is 0.102. The molecule has 0 fully saturated rings. The van der Waals surface area contributed by atoms with Crippen molar-refractivity contribution in [1.82, 2.24) is 9.97 Å². The van der Waals surface area contributed by atoms with E-state index in [2.05, 4.69) is 20.0 Å². The normalized spacial score (nSPS) is 11.5. The maximum atomic E-state index is 13.8. The SMILES string of the molecule is O=C(Nc1nc2ccc(NS(=O)(=O)c3ccccc3F)cc2s1)c1ccc[nH]1. The van der Waals surface area contributed by atoms with Crippen LogP contribution < -0.4 is 10.0 Å². The van der Waals surface area contributed by atoms with E-state index in [1.807, 2.05) is 0 Å². The van der Waals surface area contributed by atoms with E-state index in [1.165, 1.54) is 35.6 Å². The van der Waals surface area contributed by atoms with E-state index in [1.54, 1.807) is 30.5 Å². The van der Waals surface area contributed by atoms with Crippen LogP contribution in [0.15, 0.2) is 65.7 Å². The zero-order valence-corrected chi connectivity index (χ0v) is 15.8. The van der Waals surface area contributed by atoms with Crippen molar-refractivity contribution in [2.24, 2.45) is 0 Å². The van der Waals surface area contributed by atoms with Gasteiger partial charge in [-0.05, 0) is 42.5 Å². The number of H-pyrrole nitrogens is 1. The molecule has 0 saturated carbocycles. The molecule has 0 aliphatic heterocycles. The average Bonchev–Trinajstić information content (AvgIpc) is 3.30. The first-order valence-electron chi connectivity index (χ1n) is 8.05. The molecule has 2 heterocycles. The third-order valence-electron chi connectivity index (χ3n) is 3.83. The Kier molecular flexibility index (Phi) is 4.57. The van der Waals surface area contributed by atoms with E-state index in [0.717, 1.165) is 6.07 Å². The number of thiazole rings is 1. The molecule has 2 aromatic heterocycles. The summed E-state index contributed by atoms with van der Waals surface area (Å²) >= 11 is 1.20. The summed E-state index contributed by atoms with van der Waals surface area (Å²) in [6.45, 7) is 0. The van der Waals surface area contributed by atoms with Gasteiger partial charge in [0.25, 0.3) is 15.9 Å². The van der Waals surface area contributed by atoms with Crippen LogP contribution in [0.4, 0.5) is 15.2 Å². The lowest BCUT2D eigenvalue weighted by Gasteiger charge is -2.08. The topological polar surface area (TPSA) is 104 Å². The van der Waals surface area contributed by atoms with Crippen LogP contribution in [0, 0.1) is 5.82 Å². The minimum Gasteiger partial charge on any atom is -0.357 e. The highest BCUT2D eigenvalue weighted by Crippen LogP contribution is 2.29. The molecule has 0 saturated heterocycles. The number of hydrogen-bond donors (Lipinski definition) is 3. The highest BCUT2D eigenvalue weighted by molar-refractivity contribution is 7.92. The van der Waals surface area contributed by atoms with Gasteiger partial charge >= 0.3 is 0 Å². The van der Waals surface area contributed by atoms with Crippen molar-refractivity contribution < 1.29 is 17.6 Å². The molecule has 0 radical (unpaired) electrons. The molecule has 1 amide bonds. The second-order valence-electron chi connectivity index (χ2n) is 5.78. The Hall–Kier alpha value is -3.24. The fourth-order valence-electron chi connectivity index (χ4n) is 2.55. The summed E-state index contributed by atoms with van der Waals surface area (Å²) in [5.41, 5.74) is 1.26. The van der Waals surface area contributed by atoms with Crippen molar-refractivity contribution in [1.29, 1.82) is 0 Å². The van der Waals surface area contributed by atoms with Gasteiger partial charge in [-0.1, -0.05) is 23.5 Å². The Morgan fingerprint density at radius 1 is 1.11 bits per heavy atom. The number of hydrogen-bond acceptors (Lipinski definition) is 5. The van der Waals surface area contributed by atoms with Crippen LogP contribution in [0.1, 0.15) is 10.5 Å². The molecule has 3 N–H and O–H groups in total. The van der Waals surface area contributed by atoms with Gasteiger partial charge in [0.1, 0.15) is 16.4 Å². The molecule has 0 aliphatic rings. The predicted octanol–water partition coefficient (Wildman–Crippen LogP) is 3.82. The molecule has 0 spiro atoms. The Morgan fingerprint density at radius 3 is 2.68 bits per heavy atom. The Balaban J connectivity index is 1.58. The number of anilines is 2. The van der Waals surface area contributed by atoms with Crippen LogP contribution in [0.5, 0.6) is 0 Å². The van der Waals surface area contributed by atoms with Crippen LogP contribution in [-0.4, -0.2) is 24.3 Å². The van der Waals surface area contributed by atoms with E-state index < -0.39 is 20.7 Å². The summed E-state index contributed by atoms with van der Waals surface area (Å²) in [6.07, 6.45) is 1.64. The Bertz CT molecular complexity index is 1270. The minimum absolute atomic E-state index is 0.265. The quantitative estimate of drug-likeness (QED) is 0.460. The standard InChI is InChI=1S/C18H13FN4O3S2/c19-12-4-1-2-6-16(12)28(25,26)23-11-7-8-13-15(10-11)27-18(21-13)22-17(24)14-5-3-9-20-14/h1-10,20,23H,(H,21,22,24). The number of halogens is 1. The number of sulfonamides is 1. The van der Waals surface area contributed by atoms with Gasteiger partial charge in [-0.3, -0.25) is 14.8 Å². The number of rotatable bonds is 5. The Morgan fingerprint density at radius 2 is 1.93 bits per heavy atom. The van der Waals surface area contributed by atoms with Gasteiger partial charge in [0, 0.05) is 6.20 Å². The Labute approximate surface area is 163 Å². The first-order valence-corrected chi connectivity index (χ1v) is 10.3. The number of benzene rings is 2. The van der Waals surface area contributed by atoms with Crippen LogP contribution in [0.2, 0.25) is 0 Å². The summed E-state index contributed by atoms with van der Waals surface area (Å²) < 4.78 is 41.7. The highest BCUT2D eigenvalue weighted by Gasteiger charge is 2.19. The summed E-state index contributed by atoms with van der Waals surface area (Å²) in [5, 5.41) is 3.06. The number of nitrogens with one attached hydrogen (secondary N) is 3. The zero-order valence-electron chi connectivity index (χ0n) is 14.1. The van der Waals surface area contributed by atoms with Crippen molar-refractivity contribution in [3.05, 3.63) is 72.3 Å². The van der Waals surface area contributed by atoms with Crippen molar-refractivity contribution >= 4 is 48.3 Å². The molecule has 10 heteroatoms. The molecule has 0 atom stereocenters. The summed E-state index contributed by atoms with van der Waals surface area (Å²) in [7, 11) is -4.07. The van der Waals surface area contributed by atoms with E-state index in [4.69, 9.17) is 0 Å². The number of carbonyl (C=O) groups excluding carboxylic acids is 1. The molecule has 0 bridgehead atoms. The van der Waals surface area contributed by atoms with E-state index in [0.29, 0.717) is 21.0 Å². The number of fused-ring (bicyclic) bond motifs is 1. The number of amides is 1. The van der Waals surface area contributed by atoms with Gasteiger partial charge in [0.2, 0.25) is 0 Å². The first kappa shape index (κ1) is 18.1. The highest BCUT2D eigenvalue weighted by atomic mass is 32.2. The average molecular weight is 416 g/mol. The van der Waals surface area contributed by atoms with Gasteiger partial charge in [-0.15, -0.1) is 0 Å². The van der Waals surface area contributed by atoms with Crippen LogP contribution in [0.3, 0.4) is 0 Å². The van der Waals surface area contributed by atoms with Crippen molar-refractivity contribution in [2.45, 2.75) is 4.90 Å². The van der Waals surface area contributed by atoms with Gasteiger partial charge in [-0.25, -0.2) is 17.8 Å². The van der Waals surface area contributed by atoms with E-state index in [-0.39, 0.29) is 11.6 Å². The molecule has 0 unspecified atom stereocenters. The molecule has 28 heavy (non-hydrogen) atoms. The summed E-state index contributed by atoms with van der Waals surface area (Å²) in [6, 6.07) is 13.2. The minimum atomic E-state index is -4.07. The molecular weight excluding hydrogens is 403 g/mol. The van der Waals surface area contributed by atoms with Crippen LogP contribution >= 0.6 is 11.3 Å². The molecule has 142 valence electrons. The number of carbonyl (C=O) groups is 1. The molecular formula is C18H13FN4O3S2. The zero-order chi connectivity index (χ0) is 19.7. The third kappa shape index (κ3) is 3.59. The number of nitrogens with zero attached hydrogens (tertiary/aromatic N) is 1. The van der Waals surface area contributed by atoms with Gasteiger partial charge in [-0.2, -0.15) is 0 Å². The van der Waals surface area contributed by atoms with Gasteiger partial charge in [0.05, 0.1) is 15.9 Å². The van der Waals surface area contributed by atoms with Crippen LogP contribution in [-0.2, 0) is 10.0 Å². The maximum Gasteiger partial charge on any atom is 0.273 e. The van der Waals surface area contributed by atoms with E-state index in [9.17, 15) is 17.6 Å². The van der Waals surface area contributed by atoms with E-state index >= 15 is 0 Å². The second-order valence-corrected chi connectivity index (χ2v) is 8.46. The van der Waals surface area contributed by atoms with Crippen LogP contribution in [0.25, 0.3) is 10.2 Å². The lowest BCUT2D eigenvalue weighted by atomic mass is 10.3. The molecule has 4 aromatic rings. The fourth-order valence-corrected chi connectivity index (χ4v) is 4.58. The van der Waals surface area contributed by atoms with Gasteiger partial charge in [0.15, 0.2) is 5.13 Å². The molecule has 7 nitrogen and oxygen atoms in total. The summed E-state index contributed by atoms with van der Waals surface area (Å²) in [5.74, 6) is -1.16. The first-order chi connectivity index (χ1) is 13.4. The number of aromatic nitrogens is 2. The van der Waals surface area contributed by atoms with Gasteiger partial charge < -0.3 is 4.98 Å². The van der Waals surface area contributed by atoms with Crippen molar-refractivity contribution in [2.75, 3.05) is 10.0 Å². The summed E-state index contributed by atoms with van der Waals surface area (Å²) in [4.78, 5) is 18.8. The molecule has 4 rings (SSSR count). The maximum absolute atomic E-state index is 13.8. The fraction of sp³-hybridized carbons (Fsp3) is 0. The monoisotopic (exact) mass is 416 g/mol. The predicted molar refractivity (Wildman–Crippen MR) is 106 cm³/mol. The molecule has 2 aromatic carbocycles. The second kappa shape index (κ2) is 7.06.